The van der Waals surface area contributed by atoms with Gasteiger partial charge in [0.1, 0.15) is 16.5 Å². The van der Waals surface area contributed by atoms with E-state index in [1.54, 1.807) is 0 Å². The first-order chi connectivity index (χ1) is 11.6. The first kappa shape index (κ1) is 15.1. The van der Waals surface area contributed by atoms with Gasteiger partial charge in [0.05, 0.1) is 5.69 Å². The zero-order chi connectivity index (χ0) is 16.7. The smallest absolute Gasteiger partial charge is 0.263 e. The van der Waals surface area contributed by atoms with Crippen molar-refractivity contribution in [1.29, 1.82) is 0 Å². The Morgan fingerprint density at radius 2 is 2.29 bits per heavy atom. The quantitative estimate of drug-likeness (QED) is 0.794. The molecule has 1 amide bonds. The van der Waals surface area contributed by atoms with E-state index >= 15 is 0 Å². The van der Waals surface area contributed by atoms with E-state index in [0.29, 0.717) is 10.6 Å². The molecule has 4 heterocycles. The number of aryl methyl sites for hydroxylation is 3. The summed E-state index contributed by atoms with van der Waals surface area (Å²) in [6, 6.07) is 3.91. The van der Waals surface area contributed by atoms with Gasteiger partial charge < -0.3 is 14.3 Å². The number of fused-ring (bicyclic) bond motifs is 1. The summed E-state index contributed by atoms with van der Waals surface area (Å²) >= 11 is 1.37. The highest BCUT2D eigenvalue weighted by Gasteiger charge is 2.23. The van der Waals surface area contributed by atoms with E-state index in [0.717, 1.165) is 41.7 Å². The molecule has 6 nitrogen and oxygen atoms in total. The average molecular weight is 342 g/mol. The van der Waals surface area contributed by atoms with Crippen LogP contribution in [0, 0.1) is 13.8 Å². The third kappa shape index (κ3) is 2.75. The zero-order valence-corrected chi connectivity index (χ0v) is 14.4. The summed E-state index contributed by atoms with van der Waals surface area (Å²) < 4.78 is 7.71. The third-order valence-corrected chi connectivity index (χ3v) is 5.40. The van der Waals surface area contributed by atoms with Gasteiger partial charge in [-0.15, -0.1) is 11.3 Å². The van der Waals surface area contributed by atoms with Crippen molar-refractivity contribution in [1.82, 2.24) is 19.9 Å². The molecule has 0 aromatic carbocycles. The number of rotatable bonds is 3. The summed E-state index contributed by atoms with van der Waals surface area (Å²) in [5.74, 6) is 2.57. The molecule has 24 heavy (non-hydrogen) atoms. The Kier molecular flexibility index (Phi) is 3.72. The highest BCUT2D eigenvalue weighted by atomic mass is 32.1. The van der Waals surface area contributed by atoms with Gasteiger partial charge in [-0.3, -0.25) is 4.79 Å². The van der Waals surface area contributed by atoms with Crippen molar-refractivity contribution in [3.63, 3.8) is 0 Å². The fourth-order valence-electron chi connectivity index (χ4n) is 3.00. The van der Waals surface area contributed by atoms with Crippen molar-refractivity contribution in [3.8, 4) is 10.8 Å². The van der Waals surface area contributed by atoms with Gasteiger partial charge in [-0.25, -0.2) is 9.97 Å². The van der Waals surface area contributed by atoms with Gasteiger partial charge in [0.2, 0.25) is 0 Å². The van der Waals surface area contributed by atoms with Gasteiger partial charge in [0.15, 0.2) is 10.8 Å². The van der Waals surface area contributed by atoms with Gasteiger partial charge in [0.25, 0.3) is 5.91 Å². The summed E-state index contributed by atoms with van der Waals surface area (Å²) in [7, 11) is 0. The molecule has 4 rings (SSSR count). The lowest BCUT2D eigenvalue weighted by atomic mass is 10.1. The van der Waals surface area contributed by atoms with E-state index < -0.39 is 0 Å². The third-order valence-electron chi connectivity index (χ3n) is 4.22. The lowest BCUT2D eigenvalue weighted by Gasteiger charge is -2.24. The number of carbonyl (C=O) groups excluding carboxylic acids is 1. The molecule has 124 valence electrons. The largest absolute Gasteiger partial charge is 0.459 e. The number of nitrogens with one attached hydrogen (secondary N) is 1. The summed E-state index contributed by atoms with van der Waals surface area (Å²) in [6.45, 7) is 4.52. The molecule has 0 saturated heterocycles. The van der Waals surface area contributed by atoms with Crippen LogP contribution < -0.4 is 5.32 Å². The average Bonchev–Trinajstić information content (AvgIpc) is 3.26. The molecule has 1 N–H and O–H groups in total. The van der Waals surface area contributed by atoms with E-state index in [2.05, 4.69) is 19.9 Å². The molecule has 1 aliphatic heterocycles. The Labute approximate surface area is 143 Å². The molecule has 1 atom stereocenters. The van der Waals surface area contributed by atoms with Crippen molar-refractivity contribution in [2.24, 2.45) is 0 Å². The number of amides is 1. The molecule has 0 spiro atoms. The normalized spacial score (nSPS) is 16.8. The van der Waals surface area contributed by atoms with Crippen LogP contribution >= 0.6 is 11.3 Å². The zero-order valence-electron chi connectivity index (χ0n) is 13.6. The number of imidazole rings is 1. The number of hydrogen-bond donors (Lipinski definition) is 1. The van der Waals surface area contributed by atoms with Crippen molar-refractivity contribution in [2.45, 2.75) is 39.3 Å². The summed E-state index contributed by atoms with van der Waals surface area (Å²) in [6.07, 6.45) is 5.56. The van der Waals surface area contributed by atoms with Crippen LogP contribution in [0.5, 0.6) is 0 Å². The number of carbonyl (C=O) groups is 1. The Bertz CT molecular complexity index is 892. The SMILES string of the molecule is Cc1ccc(-c2nc(C)c(C(=O)N[C@@H]3CCc4nccn4C3)s2)o1. The summed E-state index contributed by atoms with van der Waals surface area (Å²) in [4.78, 5) is 22.1. The fraction of sp³-hybridized carbons (Fsp3) is 0.353. The number of aromatic nitrogens is 3. The number of thiazole rings is 1. The Morgan fingerprint density at radius 3 is 3.08 bits per heavy atom. The van der Waals surface area contributed by atoms with Crippen LogP contribution in [0.4, 0.5) is 0 Å². The van der Waals surface area contributed by atoms with Crippen molar-refractivity contribution < 1.29 is 9.21 Å². The molecule has 0 fully saturated rings. The molecule has 3 aromatic heterocycles. The predicted octanol–water partition coefficient (Wildman–Crippen LogP) is 2.96. The molecule has 0 bridgehead atoms. The first-order valence-electron chi connectivity index (χ1n) is 7.95. The van der Waals surface area contributed by atoms with Crippen LogP contribution in [0.25, 0.3) is 10.8 Å². The van der Waals surface area contributed by atoms with Crippen LogP contribution in [-0.2, 0) is 13.0 Å². The minimum Gasteiger partial charge on any atom is -0.459 e. The molecule has 3 aromatic rings. The molecule has 0 unspecified atom stereocenters. The van der Waals surface area contributed by atoms with Crippen LogP contribution in [-0.4, -0.2) is 26.5 Å². The summed E-state index contributed by atoms with van der Waals surface area (Å²) in [5, 5.41) is 3.87. The maximum Gasteiger partial charge on any atom is 0.263 e. The van der Waals surface area contributed by atoms with Crippen molar-refractivity contribution in [2.75, 3.05) is 0 Å². The fourth-order valence-corrected chi connectivity index (χ4v) is 3.93. The van der Waals surface area contributed by atoms with E-state index in [1.807, 2.05) is 38.4 Å². The maximum atomic E-state index is 12.6. The second kappa shape index (κ2) is 5.90. The molecular weight excluding hydrogens is 324 g/mol. The van der Waals surface area contributed by atoms with Crippen molar-refractivity contribution in [3.05, 3.63) is 46.7 Å². The van der Waals surface area contributed by atoms with Crippen LogP contribution in [0.1, 0.15) is 33.4 Å². The minimum absolute atomic E-state index is 0.0620. The second-order valence-corrected chi connectivity index (χ2v) is 7.05. The van der Waals surface area contributed by atoms with Gasteiger partial charge >= 0.3 is 0 Å². The Hall–Kier alpha value is -2.41. The molecular formula is C17H18N4O2S. The van der Waals surface area contributed by atoms with Gasteiger partial charge in [-0.05, 0) is 32.4 Å². The van der Waals surface area contributed by atoms with Crippen LogP contribution in [0.2, 0.25) is 0 Å². The van der Waals surface area contributed by atoms with Gasteiger partial charge in [-0.1, -0.05) is 0 Å². The molecule has 0 aliphatic carbocycles. The Morgan fingerprint density at radius 1 is 1.42 bits per heavy atom. The van der Waals surface area contributed by atoms with E-state index in [9.17, 15) is 4.79 Å². The lowest BCUT2D eigenvalue weighted by Crippen LogP contribution is -2.40. The van der Waals surface area contributed by atoms with Gasteiger partial charge in [-0.2, -0.15) is 0 Å². The molecule has 1 aliphatic rings. The monoisotopic (exact) mass is 342 g/mol. The first-order valence-corrected chi connectivity index (χ1v) is 8.77. The standard InChI is InChI=1S/C17H18N4O2S/c1-10-3-5-13(23-10)17-19-11(2)15(24-17)16(22)20-12-4-6-14-18-7-8-21(14)9-12/h3,5,7-8,12H,4,6,9H2,1-2H3,(H,20,22)/t12-/m1/s1. The lowest BCUT2D eigenvalue weighted by molar-refractivity contribution is 0.0931. The van der Waals surface area contributed by atoms with Crippen molar-refractivity contribution >= 4 is 17.2 Å². The number of hydrogen-bond acceptors (Lipinski definition) is 5. The number of furan rings is 1. The molecule has 0 saturated carbocycles. The maximum absolute atomic E-state index is 12.6. The Balaban J connectivity index is 1.50. The predicted molar refractivity (Wildman–Crippen MR) is 91.1 cm³/mol. The number of nitrogens with zero attached hydrogens (tertiary/aromatic N) is 3. The summed E-state index contributed by atoms with van der Waals surface area (Å²) in [5.41, 5.74) is 0.737. The van der Waals surface area contributed by atoms with E-state index in [1.165, 1.54) is 11.3 Å². The second-order valence-electron chi connectivity index (χ2n) is 6.05. The van der Waals surface area contributed by atoms with E-state index in [4.69, 9.17) is 4.42 Å². The highest BCUT2D eigenvalue weighted by Crippen LogP contribution is 2.29. The van der Waals surface area contributed by atoms with Gasteiger partial charge in [0, 0.05) is 31.4 Å². The van der Waals surface area contributed by atoms with Crippen LogP contribution in [0.3, 0.4) is 0 Å². The highest BCUT2D eigenvalue weighted by molar-refractivity contribution is 7.17. The molecule has 0 radical (unpaired) electrons. The minimum atomic E-state index is -0.0620. The van der Waals surface area contributed by atoms with E-state index in [-0.39, 0.29) is 11.9 Å². The molecule has 7 heteroatoms. The topological polar surface area (TPSA) is 73.0 Å². The van der Waals surface area contributed by atoms with Crippen LogP contribution in [0.15, 0.2) is 28.9 Å².